The van der Waals surface area contributed by atoms with Crippen molar-refractivity contribution in [1.82, 2.24) is 0 Å². The molecule has 1 amide bonds. The molecule has 0 aliphatic rings. The second kappa shape index (κ2) is 9.78. The van der Waals surface area contributed by atoms with Crippen LogP contribution in [0.15, 0.2) is 49.1 Å². The molecule has 5 nitrogen and oxygen atoms in total. The van der Waals surface area contributed by atoms with E-state index >= 15 is 0 Å². The Balaban J connectivity index is 1.96. The second-order valence-corrected chi connectivity index (χ2v) is 5.75. The van der Waals surface area contributed by atoms with Crippen LogP contribution in [0.5, 0.6) is 17.2 Å². The number of ether oxygens (including phenoxy) is 3. The first kappa shape index (κ1) is 20.5. The van der Waals surface area contributed by atoms with E-state index in [1.54, 1.807) is 18.2 Å². The van der Waals surface area contributed by atoms with Crippen LogP contribution in [0, 0.1) is 0 Å². The van der Waals surface area contributed by atoms with Crippen molar-refractivity contribution in [3.63, 3.8) is 0 Å². The fraction of sp³-hybridized carbons (Fsp3) is 0.211. The Morgan fingerprint density at radius 1 is 1.22 bits per heavy atom. The summed E-state index contributed by atoms with van der Waals surface area (Å²) in [4.78, 5) is 12.0. The summed E-state index contributed by atoms with van der Waals surface area (Å²) in [6.07, 6.45) is 2.45. The first-order valence-electron chi connectivity index (χ1n) is 7.87. The molecule has 0 aromatic heterocycles. The molecule has 0 aliphatic carbocycles. The molecular formula is C19H18ClF2NO4. The smallest absolute Gasteiger partial charge is 0.387 e. The Bertz CT molecular complexity index is 814. The van der Waals surface area contributed by atoms with Gasteiger partial charge in [-0.05, 0) is 42.3 Å². The Morgan fingerprint density at radius 3 is 2.59 bits per heavy atom. The number of allylic oxidation sites excluding steroid dienone is 1. The Hall–Kier alpha value is -2.80. The van der Waals surface area contributed by atoms with Gasteiger partial charge in [-0.25, -0.2) is 0 Å². The lowest BCUT2D eigenvalue weighted by atomic mass is 10.1. The number of amides is 1. The molecule has 0 spiro atoms. The van der Waals surface area contributed by atoms with E-state index in [1.165, 1.54) is 25.3 Å². The van der Waals surface area contributed by atoms with Gasteiger partial charge in [0.1, 0.15) is 5.75 Å². The normalized spacial score (nSPS) is 10.4. The molecule has 2 rings (SSSR count). The maximum Gasteiger partial charge on any atom is 0.387 e. The van der Waals surface area contributed by atoms with Gasteiger partial charge in [0, 0.05) is 5.69 Å². The molecule has 1 N–H and O–H groups in total. The minimum atomic E-state index is -2.98. The van der Waals surface area contributed by atoms with Gasteiger partial charge < -0.3 is 19.5 Å². The minimum Gasteiger partial charge on any atom is -0.493 e. The largest absolute Gasteiger partial charge is 0.493 e. The van der Waals surface area contributed by atoms with E-state index < -0.39 is 12.5 Å². The molecule has 27 heavy (non-hydrogen) atoms. The molecule has 0 saturated heterocycles. The lowest BCUT2D eigenvalue weighted by molar-refractivity contribution is -0.118. The fourth-order valence-electron chi connectivity index (χ4n) is 2.24. The summed E-state index contributed by atoms with van der Waals surface area (Å²) in [7, 11) is 1.50. The first-order chi connectivity index (χ1) is 12.9. The molecule has 2 aromatic carbocycles. The molecule has 0 aliphatic heterocycles. The van der Waals surface area contributed by atoms with Gasteiger partial charge in [-0.2, -0.15) is 8.78 Å². The van der Waals surface area contributed by atoms with Crippen LogP contribution >= 0.6 is 11.6 Å². The summed E-state index contributed by atoms with van der Waals surface area (Å²) in [5.74, 6) is 0.286. The molecule has 0 bridgehead atoms. The van der Waals surface area contributed by atoms with Gasteiger partial charge in [-0.1, -0.05) is 23.7 Å². The molecule has 0 heterocycles. The van der Waals surface area contributed by atoms with E-state index in [0.29, 0.717) is 23.6 Å². The summed E-state index contributed by atoms with van der Waals surface area (Å²) in [6.45, 7) is 0.424. The third-order valence-electron chi connectivity index (χ3n) is 3.40. The molecule has 0 fully saturated rings. The highest BCUT2D eigenvalue weighted by Crippen LogP contribution is 2.30. The van der Waals surface area contributed by atoms with Crippen molar-refractivity contribution in [1.29, 1.82) is 0 Å². The van der Waals surface area contributed by atoms with Gasteiger partial charge in [-0.3, -0.25) is 4.79 Å². The zero-order valence-corrected chi connectivity index (χ0v) is 15.3. The van der Waals surface area contributed by atoms with Crippen LogP contribution in [-0.2, 0) is 11.2 Å². The zero-order chi connectivity index (χ0) is 19.8. The average molecular weight is 398 g/mol. The highest BCUT2D eigenvalue weighted by Gasteiger charge is 2.12. The summed E-state index contributed by atoms with van der Waals surface area (Å²) in [5, 5.41) is 2.51. The molecule has 144 valence electrons. The number of hydrogen-bond acceptors (Lipinski definition) is 4. The fourth-order valence-corrected chi connectivity index (χ4v) is 2.46. The summed E-state index contributed by atoms with van der Waals surface area (Å²) in [5.41, 5.74) is 1.32. The van der Waals surface area contributed by atoms with E-state index in [2.05, 4.69) is 16.6 Å². The predicted octanol–water partition coefficient (Wildman–Crippen LogP) is 4.70. The van der Waals surface area contributed by atoms with Crippen molar-refractivity contribution in [2.45, 2.75) is 13.0 Å². The summed E-state index contributed by atoms with van der Waals surface area (Å²) >= 11 is 5.85. The van der Waals surface area contributed by atoms with Crippen LogP contribution in [0.3, 0.4) is 0 Å². The molecule has 0 atom stereocenters. The number of methoxy groups -OCH3 is 1. The summed E-state index contributed by atoms with van der Waals surface area (Å²) in [6, 6.07) is 9.30. The van der Waals surface area contributed by atoms with Crippen LogP contribution in [-0.4, -0.2) is 26.2 Å². The Morgan fingerprint density at radius 2 is 1.96 bits per heavy atom. The van der Waals surface area contributed by atoms with Crippen molar-refractivity contribution in [2.75, 3.05) is 19.0 Å². The van der Waals surface area contributed by atoms with E-state index in [1.807, 2.05) is 6.07 Å². The Kier molecular flexibility index (Phi) is 7.43. The topological polar surface area (TPSA) is 56.8 Å². The van der Waals surface area contributed by atoms with Crippen LogP contribution in [0.25, 0.3) is 0 Å². The number of carbonyl (C=O) groups excluding carboxylic acids is 1. The molecule has 0 saturated carbocycles. The first-order valence-corrected chi connectivity index (χ1v) is 8.25. The van der Waals surface area contributed by atoms with Crippen LogP contribution in [0.1, 0.15) is 5.56 Å². The zero-order valence-electron chi connectivity index (χ0n) is 14.5. The highest BCUT2D eigenvalue weighted by molar-refractivity contribution is 6.32. The average Bonchev–Trinajstić information content (AvgIpc) is 2.62. The van der Waals surface area contributed by atoms with Crippen LogP contribution in [0.2, 0.25) is 5.02 Å². The van der Waals surface area contributed by atoms with Crippen LogP contribution < -0.4 is 19.5 Å². The number of alkyl halides is 2. The molecule has 0 unspecified atom stereocenters. The van der Waals surface area contributed by atoms with Crippen molar-refractivity contribution >= 4 is 23.2 Å². The number of benzene rings is 2. The van der Waals surface area contributed by atoms with E-state index in [-0.39, 0.29) is 17.4 Å². The van der Waals surface area contributed by atoms with Gasteiger partial charge in [-0.15, -0.1) is 6.58 Å². The maximum atomic E-state index is 12.2. The van der Waals surface area contributed by atoms with Gasteiger partial charge in [0.25, 0.3) is 5.91 Å². The molecule has 8 heteroatoms. The Labute approximate surface area is 160 Å². The lowest BCUT2D eigenvalue weighted by Crippen LogP contribution is -2.20. The third-order valence-corrected chi connectivity index (χ3v) is 3.69. The van der Waals surface area contributed by atoms with E-state index in [4.69, 9.17) is 21.1 Å². The monoisotopic (exact) mass is 397 g/mol. The van der Waals surface area contributed by atoms with Gasteiger partial charge in [0.05, 0.1) is 12.1 Å². The summed E-state index contributed by atoms with van der Waals surface area (Å²) < 4.78 is 39.4. The van der Waals surface area contributed by atoms with E-state index in [0.717, 1.165) is 5.56 Å². The number of carbonyl (C=O) groups is 1. The third kappa shape index (κ3) is 6.14. The number of anilines is 1. The molecular weight excluding hydrogens is 380 g/mol. The predicted molar refractivity (Wildman–Crippen MR) is 99.1 cm³/mol. The number of hydrogen-bond donors (Lipinski definition) is 1. The molecule has 2 aromatic rings. The van der Waals surface area contributed by atoms with E-state index in [9.17, 15) is 13.6 Å². The number of rotatable bonds is 9. The number of halogens is 3. The van der Waals surface area contributed by atoms with Crippen molar-refractivity contribution in [3.8, 4) is 17.2 Å². The maximum absolute atomic E-state index is 12.2. The highest BCUT2D eigenvalue weighted by atomic mass is 35.5. The minimum absolute atomic E-state index is 0.0477. The van der Waals surface area contributed by atoms with Crippen molar-refractivity contribution in [2.24, 2.45) is 0 Å². The van der Waals surface area contributed by atoms with Crippen LogP contribution in [0.4, 0.5) is 14.5 Å². The van der Waals surface area contributed by atoms with Crippen molar-refractivity contribution in [3.05, 3.63) is 59.6 Å². The quantitative estimate of drug-likeness (QED) is 0.623. The van der Waals surface area contributed by atoms with Gasteiger partial charge in [0.15, 0.2) is 18.1 Å². The SMILES string of the molecule is C=CCc1ccc(OCC(=O)Nc2ccc(OC(F)F)c(Cl)c2)c(OC)c1. The van der Waals surface area contributed by atoms with Crippen molar-refractivity contribution < 1.29 is 27.8 Å². The van der Waals surface area contributed by atoms with Gasteiger partial charge in [0.2, 0.25) is 0 Å². The standard InChI is InChI=1S/C19H18ClF2NO4/c1-3-4-12-5-7-16(17(9-12)25-2)26-11-18(24)23-13-6-8-15(14(20)10-13)27-19(21)22/h3,5-10,19H,1,4,11H2,2H3,(H,23,24). The molecule has 0 radical (unpaired) electrons. The lowest BCUT2D eigenvalue weighted by Gasteiger charge is -2.12. The van der Waals surface area contributed by atoms with Gasteiger partial charge >= 0.3 is 6.61 Å². The number of nitrogens with one attached hydrogen (secondary N) is 1. The second-order valence-electron chi connectivity index (χ2n) is 5.34.